The van der Waals surface area contributed by atoms with Gasteiger partial charge in [-0.05, 0) is 43.8 Å². The molecule has 19 heavy (non-hydrogen) atoms. The number of amides is 1. The summed E-state index contributed by atoms with van der Waals surface area (Å²) in [6, 6.07) is 0.175. The summed E-state index contributed by atoms with van der Waals surface area (Å²) in [6.45, 7) is 4.36. The first-order chi connectivity index (χ1) is 8.99. The lowest BCUT2D eigenvalue weighted by atomic mass is 9.86. The molecule has 110 valence electrons. The van der Waals surface area contributed by atoms with Gasteiger partial charge in [0.25, 0.3) is 0 Å². The van der Waals surface area contributed by atoms with Crippen LogP contribution in [0.5, 0.6) is 0 Å². The average molecular weight is 287 g/mol. The summed E-state index contributed by atoms with van der Waals surface area (Å²) in [4.78, 5) is 22.5. The Balaban J connectivity index is 2.11. The smallest absolute Gasteiger partial charge is 0.306 e. The number of carbonyl (C=O) groups is 2. The first kappa shape index (κ1) is 16.3. The maximum absolute atomic E-state index is 11.7. The Morgan fingerprint density at radius 1 is 1.26 bits per heavy atom. The average Bonchev–Trinajstić information content (AvgIpc) is 2.35. The fraction of sp³-hybridized carbons (Fsp3) is 0.857. The standard InChI is InChI=1S/C14H25NO3S/c1-10(2)7-8-19-9-13(16)15-12-5-3-11(4-6-12)14(17)18/h10-12H,3-9H2,1-2H3,(H,15,16)(H,17,18). The highest BCUT2D eigenvalue weighted by molar-refractivity contribution is 7.99. The van der Waals surface area contributed by atoms with E-state index in [1.165, 1.54) is 0 Å². The highest BCUT2D eigenvalue weighted by Crippen LogP contribution is 2.24. The highest BCUT2D eigenvalue weighted by atomic mass is 32.2. The lowest BCUT2D eigenvalue weighted by Crippen LogP contribution is -2.39. The highest BCUT2D eigenvalue weighted by Gasteiger charge is 2.26. The predicted molar refractivity (Wildman–Crippen MR) is 78.3 cm³/mol. The van der Waals surface area contributed by atoms with E-state index in [9.17, 15) is 9.59 Å². The molecule has 1 aliphatic carbocycles. The molecule has 0 aromatic rings. The van der Waals surface area contributed by atoms with Crippen molar-refractivity contribution in [2.24, 2.45) is 11.8 Å². The first-order valence-corrected chi connectivity index (χ1v) is 8.24. The molecule has 1 rings (SSSR count). The van der Waals surface area contributed by atoms with Crippen molar-refractivity contribution in [1.29, 1.82) is 0 Å². The summed E-state index contributed by atoms with van der Waals surface area (Å²) < 4.78 is 0. The third kappa shape index (κ3) is 6.85. The molecule has 0 heterocycles. The minimum absolute atomic E-state index is 0.0903. The molecule has 5 heteroatoms. The van der Waals surface area contributed by atoms with Crippen LogP contribution in [0.4, 0.5) is 0 Å². The third-order valence-corrected chi connectivity index (χ3v) is 4.50. The predicted octanol–water partition coefficient (Wildman–Crippen LogP) is 2.53. The van der Waals surface area contributed by atoms with Gasteiger partial charge in [0.15, 0.2) is 0 Å². The molecule has 0 unspecified atom stereocenters. The number of carboxylic acids is 1. The maximum atomic E-state index is 11.7. The number of carboxylic acid groups (broad SMARTS) is 1. The lowest BCUT2D eigenvalue weighted by Gasteiger charge is -2.26. The van der Waals surface area contributed by atoms with Gasteiger partial charge in [-0.2, -0.15) is 11.8 Å². The largest absolute Gasteiger partial charge is 0.481 e. The van der Waals surface area contributed by atoms with Crippen LogP contribution in [0.25, 0.3) is 0 Å². The Hall–Kier alpha value is -0.710. The number of hydrogen-bond donors (Lipinski definition) is 2. The topological polar surface area (TPSA) is 66.4 Å². The Kier molecular flexibility index (Phi) is 7.28. The molecule has 0 spiro atoms. The molecule has 0 saturated heterocycles. The number of nitrogens with one attached hydrogen (secondary N) is 1. The van der Waals surface area contributed by atoms with E-state index in [0.717, 1.165) is 25.0 Å². The van der Waals surface area contributed by atoms with Gasteiger partial charge >= 0.3 is 5.97 Å². The molecule has 0 aliphatic heterocycles. The van der Waals surface area contributed by atoms with E-state index in [1.54, 1.807) is 11.8 Å². The third-order valence-electron chi connectivity index (χ3n) is 3.51. The number of carbonyl (C=O) groups excluding carboxylic acids is 1. The van der Waals surface area contributed by atoms with Crippen molar-refractivity contribution in [1.82, 2.24) is 5.32 Å². The molecule has 0 radical (unpaired) electrons. The Labute approximate surface area is 119 Å². The summed E-state index contributed by atoms with van der Waals surface area (Å²) in [5.41, 5.74) is 0. The summed E-state index contributed by atoms with van der Waals surface area (Å²) >= 11 is 1.68. The second-order valence-corrected chi connectivity index (χ2v) is 6.79. The zero-order valence-corrected chi connectivity index (χ0v) is 12.7. The minimum atomic E-state index is -0.700. The summed E-state index contributed by atoms with van der Waals surface area (Å²) in [5.74, 6) is 1.40. The summed E-state index contributed by atoms with van der Waals surface area (Å²) in [5, 5.41) is 11.9. The van der Waals surface area contributed by atoms with Gasteiger partial charge in [-0.1, -0.05) is 13.8 Å². The lowest BCUT2D eigenvalue weighted by molar-refractivity contribution is -0.142. The van der Waals surface area contributed by atoms with Crippen LogP contribution in [0, 0.1) is 11.8 Å². The molecular formula is C14H25NO3S. The van der Waals surface area contributed by atoms with Gasteiger partial charge in [0.2, 0.25) is 5.91 Å². The molecule has 1 aliphatic rings. The van der Waals surface area contributed by atoms with Gasteiger partial charge in [0.1, 0.15) is 0 Å². The Bertz CT molecular complexity index is 299. The monoisotopic (exact) mass is 287 g/mol. The fourth-order valence-corrected chi connectivity index (χ4v) is 3.29. The van der Waals surface area contributed by atoms with Crippen molar-refractivity contribution in [3.05, 3.63) is 0 Å². The fourth-order valence-electron chi connectivity index (χ4n) is 2.24. The van der Waals surface area contributed by atoms with Crippen LogP contribution in [0.1, 0.15) is 46.0 Å². The molecule has 0 atom stereocenters. The van der Waals surface area contributed by atoms with Crippen LogP contribution in [-0.2, 0) is 9.59 Å². The molecule has 1 amide bonds. The molecule has 4 nitrogen and oxygen atoms in total. The summed E-state index contributed by atoms with van der Waals surface area (Å²) in [6.07, 6.45) is 4.09. The van der Waals surface area contributed by atoms with Crippen LogP contribution in [0.15, 0.2) is 0 Å². The van der Waals surface area contributed by atoms with Crippen molar-refractivity contribution >= 4 is 23.6 Å². The van der Waals surface area contributed by atoms with Crippen LogP contribution < -0.4 is 5.32 Å². The zero-order chi connectivity index (χ0) is 14.3. The van der Waals surface area contributed by atoms with E-state index in [2.05, 4.69) is 19.2 Å². The maximum Gasteiger partial charge on any atom is 0.306 e. The summed E-state index contributed by atoms with van der Waals surface area (Å²) in [7, 11) is 0. The Morgan fingerprint density at radius 3 is 2.42 bits per heavy atom. The quantitative estimate of drug-likeness (QED) is 0.706. The molecule has 0 bridgehead atoms. The number of aliphatic carboxylic acids is 1. The van der Waals surface area contributed by atoms with Crippen molar-refractivity contribution in [2.45, 2.75) is 52.0 Å². The van der Waals surface area contributed by atoms with E-state index < -0.39 is 5.97 Å². The van der Waals surface area contributed by atoms with Gasteiger partial charge in [0, 0.05) is 6.04 Å². The van der Waals surface area contributed by atoms with Gasteiger partial charge in [-0.3, -0.25) is 9.59 Å². The number of rotatable bonds is 7. The first-order valence-electron chi connectivity index (χ1n) is 7.09. The van der Waals surface area contributed by atoms with Crippen LogP contribution in [-0.4, -0.2) is 34.5 Å². The van der Waals surface area contributed by atoms with Gasteiger partial charge in [-0.15, -0.1) is 0 Å². The Morgan fingerprint density at radius 2 is 1.89 bits per heavy atom. The van der Waals surface area contributed by atoms with Crippen molar-refractivity contribution in [3.63, 3.8) is 0 Å². The van der Waals surface area contributed by atoms with Crippen LogP contribution in [0.2, 0.25) is 0 Å². The molecule has 1 saturated carbocycles. The van der Waals surface area contributed by atoms with Gasteiger partial charge < -0.3 is 10.4 Å². The van der Waals surface area contributed by atoms with E-state index in [-0.39, 0.29) is 17.9 Å². The molecule has 0 aromatic carbocycles. The molecular weight excluding hydrogens is 262 g/mol. The second kappa shape index (κ2) is 8.46. The molecule has 2 N–H and O–H groups in total. The van der Waals surface area contributed by atoms with Crippen LogP contribution in [0.3, 0.4) is 0 Å². The minimum Gasteiger partial charge on any atom is -0.481 e. The van der Waals surface area contributed by atoms with Gasteiger partial charge in [0.05, 0.1) is 11.7 Å². The van der Waals surface area contributed by atoms with Gasteiger partial charge in [-0.25, -0.2) is 0 Å². The second-order valence-electron chi connectivity index (χ2n) is 5.69. The molecule has 1 fully saturated rings. The van der Waals surface area contributed by atoms with E-state index in [1.807, 2.05) is 0 Å². The normalized spacial score (nSPS) is 23.3. The van der Waals surface area contributed by atoms with E-state index >= 15 is 0 Å². The number of hydrogen-bond acceptors (Lipinski definition) is 3. The zero-order valence-electron chi connectivity index (χ0n) is 11.9. The van der Waals surface area contributed by atoms with E-state index in [4.69, 9.17) is 5.11 Å². The van der Waals surface area contributed by atoms with E-state index in [0.29, 0.717) is 24.5 Å². The molecule has 0 aromatic heterocycles. The van der Waals surface area contributed by atoms with Crippen molar-refractivity contribution < 1.29 is 14.7 Å². The SMILES string of the molecule is CC(C)CCSCC(=O)NC1CCC(C(=O)O)CC1. The van der Waals surface area contributed by atoms with Crippen LogP contribution >= 0.6 is 11.8 Å². The van der Waals surface area contributed by atoms with Crippen molar-refractivity contribution in [3.8, 4) is 0 Å². The number of thioether (sulfide) groups is 1. The van der Waals surface area contributed by atoms with Crippen molar-refractivity contribution in [2.75, 3.05) is 11.5 Å².